The number of hydrogen-bond donors (Lipinski definition) is 1. The fraction of sp³-hybridized carbons (Fsp3) is 0.435. The summed E-state index contributed by atoms with van der Waals surface area (Å²) < 4.78 is 11.5. The zero-order valence-electron chi connectivity index (χ0n) is 17.2. The SMILES string of the molecule is COc1cc(CNCCCN2CCCC2=O)cc(Cl)c1OCc1ccccc1C. The van der Waals surface area contributed by atoms with Crippen LogP contribution in [-0.4, -0.2) is 37.6 Å². The first-order chi connectivity index (χ1) is 14.1. The molecule has 156 valence electrons. The summed E-state index contributed by atoms with van der Waals surface area (Å²) in [5.41, 5.74) is 3.33. The molecule has 0 aromatic heterocycles. The van der Waals surface area contributed by atoms with Gasteiger partial charge in [-0.15, -0.1) is 0 Å². The van der Waals surface area contributed by atoms with Crippen molar-refractivity contribution in [3.8, 4) is 11.5 Å². The standard InChI is InChI=1S/C23H29ClN2O3/c1-17-7-3-4-8-19(17)16-29-23-20(24)13-18(14-21(23)28-2)15-25-10-6-12-26-11-5-9-22(26)27/h3-4,7-8,13-14,25H,5-6,9-12,15-16H2,1-2H3. The Morgan fingerprint density at radius 1 is 1.24 bits per heavy atom. The average Bonchev–Trinajstić information content (AvgIpc) is 3.12. The van der Waals surface area contributed by atoms with E-state index in [1.165, 1.54) is 5.56 Å². The van der Waals surface area contributed by atoms with Gasteiger partial charge in [0.05, 0.1) is 12.1 Å². The van der Waals surface area contributed by atoms with Gasteiger partial charge in [0.15, 0.2) is 11.5 Å². The molecule has 1 fully saturated rings. The molecule has 1 saturated heterocycles. The molecule has 0 radical (unpaired) electrons. The van der Waals surface area contributed by atoms with Crippen LogP contribution in [-0.2, 0) is 17.9 Å². The first-order valence-corrected chi connectivity index (χ1v) is 10.5. The van der Waals surface area contributed by atoms with E-state index in [9.17, 15) is 4.79 Å². The Kier molecular flexibility index (Phi) is 7.78. The normalized spacial score (nSPS) is 13.8. The summed E-state index contributed by atoms with van der Waals surface area (Å²) in [4.78, 5) is 13.6. The molecule has 0 unspecified atom stereocenters. The van der Waals surface area contributed by atoms with Gasteiger partial charge in [-0.3, -0.25) is 4.79 Å². The van der Waals surface area contributed by atoms with Crippen molar-refractivity contribution < 1.29 is 14.3 Å². The quantitative estimate of drug-likeness (QED) is 0.585. The lowest BCUT2D eigenvalue weighted by Gasteiger charge is -2.16. The number of halogens is 1. The largest absolute Gasteiger partial charge is 0.493 e. The number of nitrogens with one attached hydrogen (secondary N) is 1. The highest BCUT2D eigenvalue weighted by atomic mass is 35.5. The minimum Gasteiger partial charge on any atom is -0.493 e. The van der Waals surface area contributed by atoms with Gasteiger partial charge in [0.2, 0.25) is 5.91 Å². The molecule has 1 aliphatic heterocycles. The Bertz CT molecular complexity index is 841. The third-order valence-corrected chi connectivity index (χ3v) is 5.49. The minimum atomic E-state index is 0.280. The van der Waals surface area contributed by atoms with Gasteiger partial charge < -0.3 is 19.7 Å². The number of carbonyl (C=O) groups is 1. The number of methoxy groups -OCH3 is 1. The summed E-state index contributed by atoms with van der Waals surface area (Å²) >= 11 is 6.48. The molecule has 1 heterocycles. The topological polar surface area (TPSA) is 50.8 Å². The van der Waals surface area contributed by atoms with E-state index in [-0.39, 0.29) is 5.91 Å². The van der Waals surface area contributed by atoms with Gasteiger partial charge in [-0.05, 0) is 55.1 Å². The van der Waals surface area contributed by atoms with Crippen LogP contribution >= 0.6 is 11.6 Å². The summed E-state index contributed by atoms with van der Waals surface area (Å²) in [7, 11) is 1.62. The van der Waals surface area contributed by atoms with Gasteiger partial charge in [0.1, 0.15) is 6.61 Å². The highest BCUT2D eigenvalue weighted by Gasteiger charge is 2.19. The van der Waals surface area contributed by atoms with Gasteiger partial charge in [-0.25, -0.2) is 0 Å². The van der Waals surface area contributed by atoms with Crippen molar-refractivity contribution in [1.82, 2.24) is 10.2 Å². The van der Waals surface area contributed by atoms with Crippen molar-refractivity contribution in [2.75, 3.05) is 26.7 Å². The van der Waals surface area contributed by atoms with Crippen LogP contribution in [0.2, 0.25) is 5.02 Å². The molecule has 6 heteroatoms. The Hall–Kier alpha value is -2.24. The molecule has 5 nitrogen and oxygen atoms in total. The minimum absolute atomic E-state index is 0.280. The number of aryl methyl sites for hydroxylation is 1. The van der Waals surface area contributed by atoms with Crippen molar-refractivity contribution in [3.05, 3.63) is 58.1 Å². The van der Waals surface area contributed by atoms with Gasteiger partial charge in [-0.1, -0.05) is 35.9 Å². The van der Waals surface area contributed by atoms with Crippen molar-refractivity contribution in [1.29, 1.82) is 0 Å². The van der Waals surface area contributed by atoms with Crippen LogP contribution in [0.15, 0.2) is 36.4 Å². The number of rotatable bonds is 10. The van der Waals surface area contributed by atoms with Crippen LogP contribution in [0.1, 0.15) is 36.0 Å². The van der Waals surface area contributed by atoms with Crippen molar-refractivity contribution in [2.24, 2.45) is 0 Å². The number of hydrogen-bond acceptors (Lipinski definition) is 4. The van der Waals surface area contributed by atoms with E-state index >= 15 is 0 Å². The maximum Gasteiger partial charge on any atom is 0.222 e. The molecule has 1 amide bonds. The van der Waals surface area contributed by atoms with Crippen LogP contribution in [0.3, 0.4) is 0 Å². The van der Waals surface area contributed by atoms with E-state index in [0.717, 1.165) is 43.6 Å². The van der Waals surface area contributed by atoms with Gasteiger partial charge >= 0.3 is 0 Å². The molecule has 2 aromatic carbocycles. The first-order valence-electron chi connectivity index (χ1n) is 10.1. The fourth-order valence-electron chi connectivity index (χ4n) is 3.51. The Morgan fingerprint density at radius 2 is 2.07 bits per heavy atom. The average molecular weight is 417 g/mol. The zero-order valence-corrected chi connectivity index (χ0v) is 17.9. The van der Waals surface area contributed by atoms with E-state index in [4.69, 9.17) is 21.1 Å². The summed E-state index contributed by atoms with van der Waals surface area (Å²) in [5, 5.41) is 3.95. The van der Waals surface area contributed by atoms with Crippen molar-refractivity contribution in [2.45, 2.75) is 39.3 Å². The molecule has 3 rings (SSSR count). The fourth-order valence-corrected chi connectivity index (χ4v) is 3.79. The first kappa shape index (κ1) is 21.5. The second-order valence-electron chi connectivity index (χ2n) is 7.34. The molecule has 29 heavy (non-hydrogen) atoms. The van der Waals surface area contributed by atoms with E-state index in [1.807, 2.05) is 35.2 Å². The maximum absolute atomic E-state index is 11.6. The monoisotopic (exact) mass is 416 g/mol. The number of amides is 1. The lowest BCUT2D eigenvalue weighted by Crippen LogP contribution is -2.28. The van der Waals surface area contributed by atoms with Crippen molar-refractivity contribution in [3.63, 3.8) is 0 Å². The molecule has 0 atom stereocenters. The molecule has 1 aliphatic rings. The van der Waals surface area contributed by atoms with Gasteiger partial charge in [0.25, 0.3) is 0 Å². The Morgan fingerprint density at radius 3 is 2.79 bits per heavy atom. The Labute approximate surface area is 177 Å². The predicted molar refractivity (Wildman–Crippen MR) is 116 cm³/mol. The van der Waals surface area contributed by atoms with Gasteiger partial charge in [0, 0.05) is 26.1 Å². The number of carbonyl (C=O) groups excluding carboxylic acids is 1. The molecule has 1 N–H and O–H groups in total. The number of nitrogens with zero attached hydrogens (tertiary/aromatic N) is 1. The zero-order chi connectivity index (χ0) is 20.6. The summed E-state index contributed by atoms with van der Waals surface area (Å²) in [6, 6.07) is 12.0. The maximum atomic E-state index is 11.6. The molecule has 0 aliphatic carbocycles. The lowest BCUT2D eigenvalue weighted by atomic mass is 10.1. The predicted octanol–water partition coefficient (Wildman–Crippen LogP) is 4.34. The van der Waals surface area contributed by atoms with E-state index in [2.05, 4.69) is 18.3 Å². The van der Waals surface area contributed by atoms with Crippen LogP contribution in [0, 0.1) is 6.92 Å². The molecule has 0 saturated carbocycles. The summed E-state index contributed by atoms with van der Waals surface area (Å²) in [6.45, 7) is 5.75. The smallest absolute Gasteiger partial charge is 0.222 e. The van der Waals surface area contributed by atoms with Gasteiger partial charge in [-0.2, -0.15) is 0 Å². The van der Waals surface area contributed by atoms with E-state index in [1.54, 1.807) is 7.11 Å². The third kappa shape index (κ3) is 5.87. The highest BCUT2D eigenvalue weighted by molar-refractivity contribution is 6.32. The Balaban J connectivity index is 1.52. The molecule has 2 aromatic rings. The number of likely N-dealkylation sites (tertiary alicyclic amines) is 1. The third-order valence-electron chi connectivity index (χ3n) is 5.20. The molecule has 0 bridgehead atoms. The number of benzene rings is 2. The summed E-state index contributed by atoms with van der Waals surface area (Å²) in [6.07, 6.45) is 2.63. The van der Waals surface area contributed by atoms with Crippen LogP contribution in [0.25, 0.3) is 0 Å². The van der Waals surface area contributed by atoms with Crippen LogP contribution < -0.4 is 14.8 Å². The molecule has 0 spiro atoms. The second-order valence-corrected chi connectivity index (χ2v) is 7.75. The van der Waals surface area contributed by atoms with E-state index < -0.39 is 0 Å². The second kappa shape index (κ2) is 10.5. The van der Waals surface area contributed by atoms with E-state index in [0.29, 0.717) is 36.1 Å². The summed E-state index contributed by atoms with van der Waals surface area (Å²) in [5.74, 6) is 1.47. The molecular formula is C23H29ClN2O3. The highest BCUT2D eigenvalue weighted by Crippen LogP contribution is 2.37. The number of ether oxygens (including phenoxy) is 2. The lowest BCUT2D eigenvalue weighted by molar-refractivity contribution is -0.127. The molecular weight excluding hydrogens is 388 g/mol. The van der Waals surface area contributed by atoms with Crippen molar-refractivity contribution >= 4 is 17.5 Å². The van der Waals surface area contributed by atoms with Crippen LogP contribution in [0.5, 0.6) is 11.5 Å². The van der Waals surface area contributed by atoms with Crippen LogP contribution in [0.4, 0.5) is 0 Å².